The van der Waals surface area contributed by atoms with Gasteiger partial charge in [-0.05, 0) is 18.2 Å². The van der Waals surface area contributed by atoms with Crippen LogP contribution in [-0.4, -0.2) is 26.2 Å². The summed E-state index contributed by atoms with van der Waals surface area (Å²) in [4.78, 5) is 0. The number of halogens is 4. The highest BCUT2D eigenvalue weighted by atomic mass is 79.9. The van der Waals surface area contributed by atoms with Crippen molar-refractivity contribution in [3.05, 3.63) is 34.8 Å². The molecule has 0 amide bonds. The van der Waals surface area contributed by atoms with Crippen LogP contribution in [0.2, 0.25) is 0 Å². The summed E-state index contributed by atoms with van der Waals surface area (Å²) in [5.41, 5.74) is 0.0783. The summed E-state index contributed by atoms with van der Waals surface area (Å²) in [6.45, 7) is -0.457. The summed E-state index contributed by atoms with van der Waals surface area (Å²) in [6.07, 6.45) is -3.62. The Balaban J connectivity index is 2.51. The quantitative estimate of drug-likeness (QED) is 0.934. The minimum atomic E-state index is -4.82. The molecule has 0 bridgehead atoms. The van der Waals surface area contributed by atoms with Crippen LogP contribution in [0.15, 0.2) is 29.0 Å². The molecule has 1 heterocycles. The standard InChI is InChI=1S/C10H7BrF3N3O2/c11-6-1-2-7(8(3-6)19-10(12,13)14)17-5-15-16-9(17)4-18/h1-3,5,18H,4H2. The van der Waals surface area contributed by atoms with E-state index in [1.807, 2.05) is 0 Å². The van der Waals surface area contributed by atoms with Crippen LogP contribution in [0.4, 0.5) is 13.2 Å². The molecule has 0 radical (unpaired) electrons. The van der Waals surface area contributed by atoms with E-state index < -0.39 is 18.7 Å². The van der Waals surface area contributed by atoms with E-state index in [1.165, 1.54) is 23.0 Å². The van der Waals surface area contributed by atoms with Crippen molar-refractivity contribution in [2.45, 2.75) is 13.0 Å². The molecule has 1 N–H and O–H groups in total. The Morgan fingerprint density at radius 3 is 2.74 bits per heavy atom. The Morgan fingerprint density at radius 2 is 2.11 bits per heavy atom. The van der Waals surface area contributed by atoms with E-state index in [2.05, 4.69) is 30.9 Å². The fourth-order valence-corrected chi connectivity index (χ4v) is 1.80. The smallest absolute Gasteiger partial charge is 0.403 e. The molecular weight excluding hydrogens is 331 g/mol. The van der Waals surface area contributed by atoms with Gasteiger partial charge in [0.2, 0.25) is 0 Å². The number of benzene rings is 1. The molecular formula is C10H7BrF3N3O2. The van der Waals surface area contributed by atoms with Crippen LogP contribution in [0, 0.1) is 0 Å². The molecule has 0 fully saturated rings. The molecule has 0 unspecified atom stereocenters. The topological polar surface area (TPSA) is 60.2 Å². The Hall–Kier alpha value is -1.61. The first-order valence-corrected chi connectivity index (χ1v) is 5.75. The van der Waals surface area contributed by atoms with Gasteiger partial charge in [0, 0.05) is 4.47 Å². The lowest BCUT2D eigenvalue weighted by atomic mass is 10.3. The SMILES string of the molecule is OCc1nncn1-c1ccc(Br)cc1OC(F)(F)F. The monoisotopic (exact) mass is 337 g/mol. The van der Waals surface area contributed by atoms with Gasteiger partial charge in [0.1, 0.15) is 12.9 Å². The fraction of sp³-hybridized carbons (Fsp3) is 0.200. The molecule has 0 spiro atoms. The van der Waals surface area contributed by atoms with Crippen molar-refractivity contribution in [1.29, 1.82) is 0 Å². The van der Waals surface area contributed by atoms with Crippen molar-refractivity contribution in [3.63, 3.8) is 0 Å². The molecule has 102 valence electrons. The van der Waals surface area contributed by atoms with Crippen LogP contribution >= 0.6 is 15.9 Å². The normalized spacial score (nSPS) is 11.6. The van der Waals surface area contributed by atoms with E-state index in [1.54, 1.807) is 6.07 Å². The first-order chi connectivity index (χ1) is 8.90. The zero-order chi connectivity index (χ0) is 14.0. The number of aliphatic hydroxyl groups excluding tert-OH is 1. The maximum absolute atomic E-state index is 12.3. The molecule has 0 aliphatic rings. The molecule has 0 atom stereocenters. The van der Waals surface area contributed by atoms with Crippen LogP contribution in [0.1, 0.15) is 5.82 Å². The maximum atomic E-state index is 12.3. The van der Waals surface area contributed by atoms with Gasteiger partial charge in [-0.2, -0.15) is 0 Å². The van der Waals surface area contributed by atoms with Crippen LogP contribution in [0.5, 0.6) is 5.75 Å². The third-order valence-electron chi connectivity index (χ3n) is 2.17. The van der Waals surface area contributed by atoms with Gasteiger partial charge in [-0.15, -0.1) is 23.4 Å². The Bertz CT molecular complexity index is 586. The number of rotatable bonds is 3. The van der Waals surface area contributed by atoms with Crippen molar-refractivity contribution >= 4 is 15.9 Å². The van der Waals surface area contributed by atoms with E-state index >= 15 is 0 Å². The van der Waals surface area contributed by atoms with Crippen LogP contribution < -0.4 is 4.74 Å². The molecule has 2 aromatic rings. The summed E-state index contributed by atoms with van der Waals surface area (Å²) in [5, 5.41) is 16.2. The van der Waals surface area contributed by atoms with Crippen molar-refractivity contribution < 1.29 is 23.0 Å². The van der Waals surface area contributed by atoms with Crippen molar-refractivity contribution in [2.75, 3.05) is 0 Å². The van der Waals surface area contributed by atoms with Crippen molar-refractivity contribution in [2.24, 2.45) is 0 Å². The molecule has 0 saturated carbocycles. The lowest BCUT2D eigenvalue weighted by Gasteiger charge is -2.14. The third kappa shape index (κ3) is 3.24. The van der Waals surface area contributed by atoms with Gasteiger partial charge in [-0.1, -0.05) is 15.9 Å². The first kappa shape index (κ1) is 13.8. The summed E-state index contributed by atoms with van der Waals surface area (Å²) >= 11 is 3.07. The average Bonchev–Trinajstić information content (AvgIpc) is 2.75. The second-order valence-corrected chi connectivity index (χ2v) is 4.35. The maximum Gasteiger partial charge on any atom is 0.573 e. The first-order valence-electron chi connectivity index (χ1n) is 4.96. The molecule has 19 heavy (non-hydrogen) atoms. The van der Waals surface area contributed by atoms with E-state index in [0.29, 0.717) is 4.47 Å². The summed E-state index contributed by atoms with van der Waals surface area (Å²) in [6, 6.07) is 4.11. The molecule has 9 heteroatoms. The van der Waals surface area contributed by atoms with E-state index in [9.17, 15) is 13.2 Å². The Labute approximate surface area is 113 Å². The van der Waals surface area contributed by atoms with Gasteiger partial charge < -0.3 is 9.84 Å². The molecule has 0 aliphatic heterocycles. The van der Waals surface area contributed by atoms with Gasteiger partial charge >= 0.3 is 6.36 Å². The van der Waals surface area contributed by atoms with Gasteiger partial charge in [0.15, 0.2) is 11.6 Å². The zero-order valence-corrected chi connectivity index (χ0v) is 10.8. The third-order valence-corrected chi connectivity index (χ3v) is 2.66. The highest BCUT2D eigenvalue weighted by molar-refractivity contribution is 9.10. The Morgan fingerprint density at radius 1 is 1.37 bits per heavy atom. The number of hydrogen-bond donors (Lipinski definition) is 1. The van der Waals surface area contributed by atoms with Crippen LogP contribution in [-0.2, 0) is 6.61 Å². The number of aromatic nitrogens is 3. The molecule has 1 aromatic carbocycles. The largest absolute Gasteiger partial charge is 0.573 e. The lowest BCUT2D eigenvalue weighted by Crippen LogP contribution is -2.18. The van der Waals surface area contributed by atoms with Gasteiger partial charge in [0.25, 0.3) is 0 Å². The van der Waals surface area contributed by atoms with Crippen molar-refractivity contribution in [3.8, 4) is 11.4 Å². The summed E-state index contributed by atoms with van der Waals surface area (Å²) < 4.78 is 42.6. The second kappa shape index (κ2) is 5.17. The molecule has 0 aliphatic carbocycles. The van der Waals surface area contributed by atoms with Gasteiger partial charge in [-0.3, -0.25) is 4.57 Å². The number of nitrogens with zero attached hydrogens (tertiary/aromatic N) is 3. The Kier molecular flexibility index (Phi) is 3.76. The minimum Gasteiger partial charge on any atom is -0.403 e. The number of hydrogen-bond acceptors (Lipinski definition) is 4. The molecule has 2 rings (SSSR count). The van der Waals surface area contributed by atoms with Crippen molar-refractivity contribution in [1.82, 2.24) is 14.8 Å². The summed E-state index contributed by atoms with van der Waals surface area (Å²) in [7, 11) is 0. The van der Waals surface area contributed by atoms with E-state index in [0.717, 1.165) is 0 Å². The minimum absolute atomic E-state index is 0.0783. The predicted octanol–water partition coefficient (Wildman–Crippen LogP) is 2.42. The number of ether oxygens (including phenoxy) is 1. The average molecular weight is 338 g/mol. The highest BCUT2D eigenvalue weighted by Crippen LogP contribution is 2.32. The van der Waals surface area contributed by atoms with Crippen LogP contribution in [0.25, 0.3) is 5.69 Å². The van der Waals surface area contributed by atoms with Gasteiger partial charge in [-0.25, -0.2) is 0 Å². The molecule has 0 saturated heterocycles. The van der Waals surface area contributed by atoms with Gasteiger partial charge in [0.05, 0.1) is 5.69 Å². The van der Waals surface area contributed by atoms with E-state index in [-0.39, 0.29) is 11.5 Å². The zero-order valence-electron chi connectivity index (χ0n) is 9.23. The lowest BCUT2D eigenvalue weighted by molar-refractivity contribution is -0.274. The predicted molar refractivity (Wildman–Crippen MR) is 61.7 cm³/mol. The highest BCUT2D eigenvalue weighted by Gasteiger charge is 2.32. The molecule has 1 aromatic heterocycles. The number of alkyl halides is 3. The molecule has 5 nitrogen and oxygen atoms in total. The van der Waals surface area contributed by atoms with E-state index in [4.69, 9.17) is 5.11 Å². The summed E-state index contributed by atoms with van der Waals surface area (Å²) in [5.74, 6) is -0.314. The second-order valence-electron chi connectivity index (χ2n) is 3.44. The fourth-order valence-electron chi connectivity index (χ4n) is 1.46. The van der Waals surface area contributed by atoms with Crippen LogP contribution in [0.3, 0.4) is 0 Å². The number of aliphatic hydroxyl groups is 1.